The minimum Gasteiger partial charge on any atom is -0.349 e. The van der Waals surface area contributed by atoms with E-state index in [1.807, 2.05) is 12.3 Å². The van der Waals surface area contributed by atoms with Crippen LogP contribution in [0.1, 0.15) is 39.3 Å². The van der Waals surface area contributed by atoms with Crippen molar-refractivity contribution in [1.82, 2.24) is 20.1 Å². The highest BCUT2D eigenvalue weighted by molar-refractivity contribution is 5.96. The third-order valence-corrected chi connectivity index (χ3v) is 5.37. The highest BCUT2D eigenvalue weighted by Crippen LogP contribution is 2.18. The Kier molecular flexibility index (Phi) is 4.94. The van der Waals surface area contributed by atoms with Crippen molar-refractivity contribution >= 4 is 11.8 Å². The van der Waals surface area contributed by atoms with Gasteiger partial charge in [-0.05, 0) is 31.0 Å². The molecule has 2 amide bonds. The minimum atomic E-state index is -0.495. The molecule has 0 spiro atoms. The van der Waals surface area contributed by atoms with Gasteiger partial charge in [-0.2, -0.15) is 0 Å². The van der Waals surface area contributed by atoms with Crippen LogP contribution >= 0.6 is 0 Å². The van der Waals surface area contributed by atoms with E-state index in [2.05, 4.69) is 15.2 Å². The molecule has 142 valence electrons. The second-order valence-corrected chi connectivity index (χ2v) is 7.07. The number of likely N-dealkylation sites (tertiary alicyclic amines) is 1. The summed E-state index contributed by atoms with van der Waals surface area (Å²) in [5.74, 6) is -0.846. The van der Waals surface area contributed by atoms with Crippen LogP contribution in [0.2, 0.25) is 0 Å². The number of hydrogen-bond acceptors (Lipinski definition) is 3. The van der Waals surface area contributed by atoms with Crippen LogP contribution < -0.4 is 10.6 Å². The fourth-order valence-electron chi connectivity index (χ4n) is 3.82. The molecule has 0 saturated carbocycles. The monoisotopic (exact) mass is 370 g/mol. The first-order valence-corrected chi connectivity index (χ1v) is 9.37. The first-order valence-electron chi connectivity index (χ1n) is 9.37. The standard InChI is InChI=1S/C20H23FN4O2/c21-17-4-2-1-3-15(17)20(27)25-9-5-14(6-10-25)23-19(26)16-7-11-24-12-8-22-13-18(16)24/h1-4,7,11,14,22H,5-6,8-10,12-13H2,(H,23,26). The van der Waals surface area contributed by atoms with E-state index < -0.39 is 5.82 Å². The van der Waals surface area contributed by atoms with Crippen LogP contribution in [0.3, 0.4) is 0 Å². The Morgan fingerprint density at radius 3 is 2.63 bits per heavy atom. The molecule has 2 N–H and O–H groups in total. The summed E-state index contributed by atoms with van der Waals surface area (Å²) in [5, 5.41) is 6.38. The van der Waals surface area contributed by atoms with Crippen molar-refractivity contribution in [3.8, 4) is 0 Å². The lowest BCUT2D eigenvalue weighted by atomic mass is 10.0. The number of halogens is 1. The van der Waals surface area contributed by atoms with E-state index in [0.717, 1.165) is 18.8 Å². The zero-order valence-corrected chi connectivity index (χ0v) is 15.1. The number of piperidine rings is 1. The molecule has 1 aromatic carbocycles. The van der Waals surface area contributed by atoms with Gasteiger partial charge in [0.2, 0.25) is 0 Å². The average Bonchev–Trinajstić information content (AvgIpc) is 3.13. The average molecular weight is 370 g/mol. The third-order valence-electron chi connectivity index (χ3n) is 5.37. The zero-order chi connectivity index (χ0) is 18.8. The maximum Gasteiger partial charge on any atom is 0.256 e. The summed E-state index contributed by atoms with van der Waals surface area (Å²) >= 11 is 0. The van der Waals surface area contributed by atoms with Crippen molar-refractivity contribution in [3.05, 3.63) is 59.2 Å². The molecule has 1 aromatic heterocycles. The van der Waals surface area contributed by atoms with Crippen LogP contribution in [0.5, 0.6) is 0 Å². The first kappa shape index (κ1) is 17.7. The van der Waals surface area contributed by atoms with E-state index in [1.165, 1.54) is 12.1 Å². The summed E-state index contributed by atoms with van der Waals surface area (Å²) in [6.45, 7) is 3.50. The fourth-order valence-corrected chi connectivity index (χ4v) is 3.82. The van der Waals surface area contributed by atoms with Crippen molar-refractivity contribution in [1.29, 1.82) is 0 Å². The largest absolute Gasteiger partial charge is 0.349 e. The number of aromatic nitrogens is 1. The number of nitrogens with zero attached hydrogens (tertiary/aromatic N) is 2. The van der Waals surface area contributed by atoms with Crippen LogP contribution in [-0.4, -0.2) is 47.0 Å². The molecule has 2 aliphatic heterocycles. The molecule has 0 bridgehead atoms. The smallest absolute Gasteiger partial charge is 0.256 e. The predicted molar refractivity (Wildman–Crippen MR) is 98.9 cm³/mol. The molecular formula is C20H23FN4O2. The van der Waals surface area contributed by atoms with E-state index in [1.54, 1.807) is 17.0 Å². The minimum absolute atomic E-state index is 0.0225. The molecule has 1 fully saturated rings. The molecule has 2 aromatic rings. The van der Waals surface area contributed by atoms with Gasteiger partial charge in [-0.3, -0.25) is 9.59 Å². The topological polar surface area (TPSA) is 66.4 Å². The zero-order valence-electron chi connectivity index (χ0n) is 15.1. The van der Waals surface area contributed by atoms with Gasteiger partial charge in [0.1, 0.15) is 5.82 Å². The van der Waals surface area contributed by atoms with E-state index in [9.17, 15) is 14.0 Å². The van der Waals surface area contributed by atoms with Crippen LogP contribution in [0.25, 0.3) is 0 Å². The summed E-state index contributed by atoms with van der Waals surface area (Å²) in [5.41, 5.74) is 1.84. The highest BCUT2D eigenvalue weighted by Gasteiger charge is 2.27. The van der Waals surface area contributed by atoms with E-state index in [-0.39, 0.29) is 23.4 Å². The third kappa shape index (κ3) is 3.60. The lowest BCUT2D eigenvalue weighted by Gasteiger charge is -2.32. The van der Waals surface area contributed by atoms with Gasteiger partial charge in [0, 0.05) is 50.7 Å². The summed E-state index contributed by atoms with van der Waals surface area (Å²) in [6.07, 6.45) is 3.29. The molecule has 1 saturated heterocycles. The number of rotatable bonds is 3. The maximum atomic E-state index is 13.8. The number of carbonyl (C=O) groups excluding carboxylic acids is 2. The molecule has 0 radical (unpaired) electrons. The summed E-state index contributed by atoms with van der Waals surface area (Å²) < 4.78 is 15.9. The molecule has 0 unspecified atom stereocenters. The summed E-state index contributed by atoms with van der Waals surface area (Å²) in [6, 6.07) is 7.94. The van der Waals surface area contributed by atoms with E-state index >= 15 is 0 Å². The quantitative estimate of drug-likeness (QED) is 0.865. The van der Waals surface area contributed by atoms with Gasteiger partial charge >= 0.3 is 0 Å². The Labute approximate surface area is 157 Å². The van der Waals surface area contributed by atoms with Gasteiger partial charge in [0.05, 0.1) is 11.1 Å². The number of hydrogen-bond donors (Lipinski definition) is 2. The van der Waals surface area contributed by atoms with Gasteiger partial charge in [-0.15, -0.1) is 0 Å². The van der Waals surface area contributed by atoms with Crippen LogP contribution in [0.4, 0.5) is 4.39 Å². The number of carbonyl (C=O) groups is 2. The molecule has 3 heterocycles. The molecule has 27 heavy (non-hydrogen) atoms. The number of fused-ring (bicyclic) bond motifs is 1. The van der Waals surface area contributed by atoms with E-state index in [4.69, 9.17) is 0 Å². The molecule has 2 aliphatic rings. The van der Waals surface area contributed by atoms with Gasteiger partial charge in [0.25, 0.3) is 11.8 Å². The molecule has 6 nitrogen and oxygen atoms in total. The molecule has 0 aliphatic carbocycles. The van der Waals surface area contributed by atoms with Crippen LogP contribution in [0.15, 0.2) is 36.5 Å². The molecular weight excluding hydrogens is 347 g/mol. The Bertz CT molecular complexity index is 855. The second kappa shape index (κ2) is 7.52. The van der Waals surface area contributed by atoms with Crippen molar-refractivity contribution < 1.29 is 14.0 Å². The van der Waals surface area contributed by atoms with Gasteiger partial charge in [-0.25, -0.2) is 4.39 Å². The lowest BCUT2D eigenvalue weighted by Crippen LogP contribution is -2.47. The lowest BCUT2D eigenvalue weighted by molar-refractivity contribution is 0.0693. The fraction of sp³-hybridized carbons (Fsp3) is 0.400. The van der Waals surface area contributed by atoms with Crippen LogP contribution in [0, 0.1) is 5.82 Å². The van der Waals surface area contributed by atoms with Gasteiger partial charge in [-0.1, -0.05) is 12.1 Å². The molecule has 7 heteroatoms. The van der Waals surface area contributed by atoms with Crippen LogP contribution in [-0.2, 0) is 13.1 Å². The normalized spacial score (nSPS) is 17.4. The molecule has 4 rings (SSSR count). The Balaban J connectivity index is 1.34. The summed E-state index contributed by atoms with van der Waals surface area (Å²) in [7, 11) is 0. The SMILES string of the molecule is O=C(NC1CCN(C(=O)c2ccccc2F)CC1)c1ccn2c1CNCC2. The Morgan fingerprint density at radius 2 is 1.85 bits per heavy atom. The van der Waals surface area contributed by atoms with Gasteiger partial charge < -0.3 is 20.1 Å². The number of amides is 2. The first-order chi connectivity index (χ1) is 13.1. The van der Waals surface area contributed by atoms with Crippen molar-refractivity contribution in [2.24, 2.45) is 0 Å². The predicted octanol–water partition coefficient (Wildman–Crippen LogP) is 1.76. The Hall–Kier alpha value is -2.67. The maximum absolute atomic E-state index is 13.8. The Morgan fingerprint density at radius 1 is 1.07 bits per heavy atom. The van der Waals surface area contributed by atoms with E-state index in [0.29, 0.717) is 38.0 Å². The second-order valence-electron chi connectivity index (χ2n) is 7.07. The van der Waals surface area contributed by atoms with Crippen molar-refractivity contribution in [2.45, 2.75) is 32.0 Å². The highest BCUT2D eigenvalue weighted by atomic mass is 19.1. The van der Waals surface area contributed by atoms with Crippen molar-refractivity contribution in [2.75, 3.05) is 19.6 Å². The van der Waals surface area contributed by atoms with Crippen molar-refractivity contribution in [3.63, 3.8) is 0 Å². The number of nitrogens with one attached hydrogen (secondary N) is 2. The van der Waals surface area contributed by atoms with Gasteiger partial charge in [0.15, 0.2) is 0 Å². The summed E-state index contributed by atoms with van der Waals surface area (Å²) in [4.78, 5) is 26.8. The molecule has 0 atom stereocenters. The number of benzene rings is 1.